The summed E-state index contributed by atoms with van der Waals surface area (Å²) in [6.45, 7) is 2.57. The Kier molecular flexibility index (Phi) is 4.39. The summed E-state index contributed by atoms with van der Waals surface area (Å²) in [5, 5.41) is 2.87. The fourth-order valence-electron chi connectivity index (χ4n) is 1.40. The predicted molar refractivity (Wildman–Crippen MR) is 67.2 cm³/mol. The highest BCUT2D eigenvalue weighted by Crippen LogP contribution is 2.24. The Hall–Kier alpha value is -2.31. The summed E-state index contributed by atoms with van der Waals surface area (Å²) in [4.78, 5) is 7.56. The van der Waals surface area contributed by atoms with Crippen molar-refractivity contribution in [1.29, 1.82) is 0 Å². The number of anilines is 1. The van der Waals surface area contributed by atoms with Crippen LogP contribution in [-0.2, 0) is 0 Å². The summed E-state index contributed by atoms with van der Waals surface area (Å²) in [7, 11) is 0. The van der Waals surface area contributed by atoms with E-state index in [4.69, 9.17) is 4.74 Å². The van der Waals surface area contributed by atoms with Crippen LogP contribution in [-0.4, -0.2) is 16.5 Å². The van der Waals surface area contributed by atoms with Gasteiger partial charge in [0.1, 0.15) is 5.75 Å². The number of hydrogen-bond acceptors (Lipinski definition) is 4. The molecule has 7 heteroatoms. The van der Waals surface area contributed by atoms with Gasteiger partial charge >= 0.3 is 0 Å². The predicted octanol–water partition coefficient (Wildman–Crippen LogP) is 3.51. The van der Waals surface area contributed by atoms with Crippen LogP contribution in [0.15, 0.2) is 24.4 Å². The third-order valence-corrected chi connectivity index (χ3v) is 2.35. The molecule has 1 heterocycles. The molecule has 20 heavy (non-hydrogen) atoms. The van der Waals surface area contributed by atoms with Crippen LogP contribution < -0.4 is 10.1 Å². The van der Waals surface area contributed by atoms with Crippen molar-refractivity contribution in [3.05, 3.63) is 41.8 Å². The number of rotatable bonds is 5. The fraction of sp³-hybridized carbons (Fsp3) is 0.231. The molecular weight excluding hydrogens is 271 g/mol. The van der Waals surface area contributed by atoms with Crippen LogP contribution in [0.1, 0.15) is 13.3 Å². The first kappa shape index (κ1) is 14.1. The first-order valence-electron chi connectivity index (χ1n) is 5.99. The lowest BCUT2D eigenvalue weighted by molar-refractivity contribution is 0.413. The van der Waals surface area contributed by atoms with Crippen LogP contribution >= 0.6 is 0 Å². The molecule has 1 N–H and O–H groups in total. The van der Waals surface area contributed by atoms with Crippen molar-refractivity contribution in [2.45, 2.75) is 13.3 Å². The third kappa shape index (κ3) is 3.37. The van der Waals surface area contributed by atoms with Crippen LogP contribution in [0.25, 0.3) is 0 Å². The molecule has 106 valence electrons. The molecule has 4 nitrogen and oxygen atoms in total. The van der Waals surface area contributed by atoms with Crippen molar-refractivity contribution in [1.82, 2.24) is 9.97 Å². The molecule has 1 aromatic carbocycles. The van der Waals surface area contributed by atoms with Gasteiger partial charge in [0, 0.05) is 12.6 Å². The molecule has 0 fully saturated rings. The summed E-state index contributed by atoms with van der Waals surface area (Å²) in [5.41, 5.74) is 0. The Balaban J connectivity index is 2.20. The second kappa shape index (κ2) is 6.23. The smallest absolute Gasteiger partial charge is 0.260 e. The van der Waals surface area contributed by atoms with E-state index in [9.17, 15) is 13.2 Å². The molecule has 0 saturated heterocycles. The maximum atomic E-state index is 13.5. The van der Waals surface area contributed by atoms with Gasteiger partial charge in [0.2, 0.25) is 11.8 Å². The number of benzene rings is 1. The molecule has 2 rings (SSSR count). The molecule has 0 aliphatic heterocycles. The fourth-order valence-corrected chi connectivity index (χ4v) is 1.40. The zero-order valence-corrected chi connectivity index (χ0v) is 10.7. The molecule has 0 spiro atoms. The topological polar surface area (TPSA) is 47.0 Å². The Morgan fingerprint density at radius 3 is 2.65 bits per heavy atom. The Morgan fingerprint density at radius 2 is 1.95 bits per heavy atom. The Labute approximate surface area is 113 Å². The molecular formula is C13H12F3N3O. The van der Waals surface area contributed by atoms with Gasteiger partial charge in [0.05, 0.1) is 6.20 Å². The van der Waals surface area contributed by atoms with Gasteiger partial charge in [-0.3, -0.25) is 0 Å². The maximum absolute atomic E-state index is 13.5. The minimum absolute atomic E-state index is 0.0528. The largest absolute Gasteiger partial charge is 0.436 e. The van der Waals surface area contributed by atoms with Crippen LogP contribution in [0.5, 0.6) is 11.6 Å². The number of ether oxygens (including phenoxy) is 1. The second-order valence-electron chi connectivity index (χ2n) is 3.95. The third-order valence-electron chi connectivity index (χ3n) is 2.35. The van der Waals surface area contributed by atoms with Crippen molar-refractivity contribution in [3.63, 3.8) is 0 Å². The van der Waals surface area contributed by atoms with Crippen molar-refractivity contribution < 1.29 is 17.9 Å². The SMILES string of the molecule is CCCNc1ncc(F)c(Oc2ccc(F)c(F)c2)n1. The van der Waals surface area contributed by atoms with Gasteiger partial charge in [-0.15, -0.1) is 0 Å². The van der Waals surface area contributed by atoms with Crippen molar-refractivity contribution in [2.24, 2.45) is 0 Å². The summed E-state index contributed by atoms with van der Waals surface area (Å²) >= 11 is 0. The van der Waals surface area contributed by atoms with Crippen molar-refractivity contribution in [3.8, 4) is 11.6 Å². The van der Waals surface area contributed by atoms with Gasteiger partial charge in [0.25, 0.3) is 5.88 Å². The van der Waals surface area contributed by atoms with E-state index in [1.807, 2.05) is 6.92 Å². The molecule has 0 saturated carbocycles. The van der Waals surface area contributed by atoms with Crippen molar-refractivity contribution in [2.75, 3.05) is 11.9 Å². The first-order valence-corrected chi connectivity index (χ1v) is 5.99. The van der Waals surface area contributed by atoms with Gasteiger partial charge < -0.3 is 10.1 Å². The molecule has 0 radical (unpaired) electrons. The minimum atomic E-state index is -1.08. The molecule has 0 unspecified atom stereocenters. The Morgan fingerprint density at radius 1 is 1.15 bits per heavy atom. The highest BCUT2D eigenvalue weighted by molar-refractivity contribution is 5.32. The van der Waals surface area contributed by atoms with E-state index in [2.05, 4.69) is 15.3 Å². The summed E-state index contributed by atoms with van der Waals surface area (Å²) < 4.78 is 44.4. The number of nitrogens with one attached hydrogen (secondary N) is 1. The lowest BCUT2D eigenvalue weighted by atomic mass is 10.3. The van der Waals surface area contributed by atoms with Gasteiger partial charge in [-0.25, -0.2) is 13.8 Å². The lowest BCUT2D eigenvalue weighted by Gasteiger charge is -2.08. The van der Waals surface area contributed by atoms with E-state index in [1.54, 1.807) is 0 Å². The number of nitrogens with zero attached hydrogens (tertiary/aromatic N) is 2. The highest BCUT2D eigenvalue weighted by Gasteiger charge is 2.11. The summed E-state index contributed by atoms with van der Waals surface area (Å²) in [5.74, 6) is -3.10. The van der Waals surface area contributed by atoms with Crippen LogP contribution in [0.4, 0.5) is 19.1 Å². The van der Waals surface area contributed by atoms with Gasteiger partial charge in [0.15, 0.2) is 11.6 Å². The van der Waals surface area contributed by atoms with Gasteiger partial charge in [-0.2, -0.15) is 9.37 Å². The normalized spacial score (nSPS) is 10.4. The first-order chi connectivity index (χ1) is 9.60. The molecule has 0 aliphatic rings. The van der Waals surface area contributed by atoms with E-state index in [-0.39, 0.29) is 17.6 Å². The monoisotopic (exact) mass is 283 g/mol. The van der Waals surface area contributed by atoms with Crippen LogP contribution in [0.3, 0.4) is 0 Å². The standard InChI is InChI=1S/C13H12F3N3O/c1-2-5-17-13-18-7-11(16)12(19-13)20-8-3-4-9(14)10(15)6-8/h3-4,6-7H,2,5H2,1H3,(H,17,18,19). The highest BCUT2D eigenvalue weighted by atomic mass is 19.2. The van der Waals surface area contributed by atoms with E-state index < -0.39 is 17.5 Å². The minimum Gasteiger partial charge on any atom is -0.436 e. The lowest BCUT2D eigenvalue weighted by Crippen LogP contribution is -2.05. The molecule has 0 aliphatic carbocycles. The number of hydrogen-bond donors (Lipinski definition) is 1. The van der Waals surface area contributed by atoms with E-state index in [1.165, 1.54) is 6.07 Å². The second-order valence-corrected chi connectivity index (χ2v) is 3.95. The van der Waals surface area contributed by atoms with Crippen LogP contribution in [0.2, 0.25) is 0 Å². The molecule has 0 bridgehead atoms. The molecule has 1 aromatic heterocycles. The zero-order valence-electron chi connectivity index (χ0n) is 10.7. The summed E-state index contributed by atoms with van der Waals surface area (Å²) in [6, 6.07) is 2.88. The van der Waals surface area contributed by atoms with E-state index in [0.29, 0.717) is 6.54 Å². The van der Waals surface area contributed by atoms with E-state index >= 15 is 0 Å². The maximum Gasteiger partial charge on any atom is 0.260 e. The molecule has 0 atom stereocenters. The van der Waals surface area contributed by atoms with Gasteiger partial charge in [-0.1, -0.05) is 6.92 Å². The van der Waals surface area contributed by atoms with Gasteiger partial charge in [-0.05, 0) is 18.6 Å². The van der Waals surface area contributed by atoms with E-state index in [0.717, 1.165) is 24.8 Å². The number of halogens is 3. The average Bonchev–Trinajstić information content (AvgIpc) is 2.44. The average molecular weight is 283 g/mol. The molecule has 0 amide bonds. The number of aromatic nitrogens is 2. The molecule has 2 aromatic rings. The zero-order chi connectivity index (χ0) is 14.5. The quantitative estimate of drug-likeness (QED) is 0.912. The Bertz CT molecular complexity index is 607. The van der Waals surface area contributed by atoms with Crippen molar-refractivity contribution >= 4 is 5.95 Å². The van der Waals surface area contributed by atoms with Crippen LogP contribution in [0, 0.1) is 17.5 Å². The summed E-state index contributed by atoms with van der Waals surface area (Å²) in [6.07, 6.45) is 1.79.